The quantitative estimate of drug-likeness (QED) is 0.562. The number of nitrogens with one attached hydrogen (secondary N) is 1. The molecule has 1 aliphatic carbocycles. The fraction of sp³-hybridized carbons (Fsp3) is 0.636. The van der Waals surface area contributed by atoms with Gasteiger partial charge in [0.2, 0.25) is 5.91 Å². The van der Waals surface area contributed by atoms with Crippen LogP contribution in [-0.4, -0.2) is 72.8 Å². The molecule has 0 saturated heterocycles. The second-order valence-electron chi connectivity index (χ2n) is 8.43. The van der Waals surface area contributed by atoms with Crippen LogP contribution in [0.25, 0.3) is 0 Å². The largest absolute Gasteiger partial charge is 0.416 e. The van der Waals surface area contributed by atoms with Crippen molar-refractivity contribution in [2.24, 2.45) is 11.8 Å². The van der Waals surface area contributed by atoms with Crippen molar-refractivity contribution >= 4 is 17.6 Å². The Hall–Kier alpha value is -2.33. The van der Waals surface area contributed by atoms with Crippen LogP contribution < -0.4 is 5.32 Å². The lowest BCUT2D eigenvalue weighted by Crippen LogP contribution is -2.49. The zero-order valence-corrected chi connectivity index (χ0v) is 18.9. The monoisotopic (exact) mass is 459 g/mol. The van der Waals surface area contributed by atoms with E-state index < -0.39 is 23.8 Å². The van der Waals surface area contributed by atoms with E-state index in [9.17, 15) is 27.9 Å². The lowest BCUT2D eigenvalue weighted by molar-refractivity contribution is -0.137. The molecule has 7 nitrogen and oxygen atoms in total. The zero-order valence-electron chi connectivity index (χ0n) is 18.9. The number of nitrogens with zero attached hydrogens (tertiary/aromatic N) is 2. The Balaban J connectivity index is 2.04. The van der Waals surface area contributed by atoms with E-state index in [-0.39, 0.29) is 42.7 Å². The van der Waals surface area contributed by atoms with E-state index in [0.29, 0.717) is 6.54 Å². The maximum atomic E-state index is 12.8. The summed E-state index contributed by atoms with van der Waals surface area (Å²) in [6.45, 7) is 3.85. The highest BCUT2D eigenvalue weighted by molar-refractivity contribution is 5.89. The Labute approximate surface area is 186 Å². The predicted molar refractivity (Wildman–Crippen MR) is 114 cm³/mol. The van der Waals surface area contributed by atoms with Gasteiger partial charge >= 0.3 is 12.2 Å². The Bertz CT molecular complexity index is 769. The molecular weight excluding hydrogens is 427 g/mol. The average Bonchev–Trinajstić information content (AvgIpc) is 3.59. The molecule has 0 bridgehead atoms. The van der Waals surface area contributed by atoms with Crippen molar-refractivity contribution < 1.29 is 32.6 Å². The number of urea groups is 1. The fourth-order valence-corrected chi connectivity index (χ4v) is 3.42. The van der Waals surface area contributed by atoms with Crippen LogP contribution in [-0.2, 0) is 15.7 Å². The predicted octanol–water partition coefficient (Wildman–Crippen LogP) is 3.44. The summed E-state index contributed by atoms with van der Waals surface area (Å²) in [6, 6.07) is 3.08. The fourth-order valence-electron chi connectivity index (χ4n) is 3.42. The van der Waals surface area contributed by atoms with Gasteiger partial charge in [-0.15, -0.1) is 0 Å². The molecule has 1 saturated carbocycles. The minimum absolute atomic E-state index is 0.0832. The summed E-state index contributed by atoms with van der Waals surface area (Å²) in [6.07, 6.45) is -2.99. The molecule has 1 fully saturated rings. The van der Waals surface area contributed by atoms with Crippen LogP contribution >= 0.6 is 0 Å². The SMILES string of the molecule is CO[C@H](CN(C)C(=O)C1CC1)[C@H](C)CN(C(=O)Nc1ccc(C(F)(F)F)cc1)[C@H](C)CO. The van der Waals surface area contributed by atoms with Gasteiger partial charge in [-0.05, 0) is 44.0 Å². The summed E-state index contributed by atoms with van der Waals surface area (Å²) in [4.78, 5) is 28.1. The molecule has 0 aliphatic heterocycles. The van der Waals surface area contributed by atoms with E-state index >= 15 is 0 Å². The van der Waals surface area contributed by atoms with Gasteiger partial charge in [0.05, 0.1) is 24.3 Å². The van der Waals surface area contributed by atoms with Gasteiger partial charge in [0, 0.05) is 44.8 Å². The number of rotatable bonds is 10. The van der Waals surface area contributed by atoms with Crippen molar-refractivity contribution in [2.45, 2.75) is 45.0 Å². The third-order valence-electron chi connectivity index (χ3n) is 5.70. The second kappa shape index (κ2) is 11.0. The van der Waals surface area contributed by atoms with Crippen molar-refractivity contribution in [3.05, 3.63) is 29.8 Å². The number of carbonyl (C=O) groups is 2. The van der Waals surface area contributed by atoms with Gasteiger partial charge in [0.25, 0.3) is 0 Å². The number of hydrogen-bond acceptors (Lipinski definition) is 4. The minimum atomic E-state index is -4.46. The van der Waals surface area contributed by atoms with Gasteiger partial charge in [-0.1, -0.05) is 6.92 Å². The molecule has 0 radical (unpaired) electrons. The number of carbonyl (C=O) groups excluding carboxylic acids is 2. The lowest BCUT2D eigenvalue weighted by atomic mass is 10.0. The average molecular weight is 460 g/mol. The van der Waals surface area contributed by atoms with Crippen molar-refractivity contribution in [1.82, 2.24) is 9.80 Å². The first kappa shape index (κ1) is 25.9. The second-order valence-corrected chi connectivity index (χ2v) is 8.43. The number of ether oxygens (including phenoxy) is 1. The normalized spacial score (nSPS) is 16.8. The van der Waals surface area contributed by atoms with Crippen LogP contribution in [0.1, 0.15) is 32.3 Å². The van der Waals surface area contributed by atoms with Gasteiger partial charge < -0.3 is 25.0 Å². The Morgan fingerprint density at radius 1 is 1.19 bits per heavy atom. The number of anilines is 1. The highest BCUT2D eigenvalue weighted by atomic mass is 19.4. The maximum absolute atomic E-state index is 12.8. The lowest BCUT2D eigenvalue weighted by Gasteiger charge is -2.34. The number of benzene rings is 1. The number of hydrogen-bond donors (Lipinski definition) is 2. The number of amides is 3. The molecule has 1 aliphatic rings. The molecule has 3 atom stereocenters. The van der Waals surface area contributed by atoms with Crippen molar-refractivity contribution in [3.63, 3.8) is 0 Å². The van der Waals surface area contributed by atoms with E-state index in [0.717, 1.165) is 25.0 Å². The Morgan fingerprint density at radius 3 is 2.25 bits per heavy atom. The van der Waals surface area contributed by atoms with Crippen LogP contribution in [0.5, 0.6) is 0 Å². The molecule has 1 aromatic carbocycles. The molecule has 32 heavy (non-hydrogen) atoms. The summed E-state index contributed by atoms with van der Waals surface area (Å²) < 4.78 is 43.8. The molecule has 1 aromatic rings. The number of halogens is 3. The molecule has 180 valence electrons. The van der Waals surface area contributed by atoms with Crippen molar-refractivity contribution in [2.75, 3.05) is 39.2 Å². The van der Waals surface area contributed by atoms with Crippen molar-refractivity contribution in [1.29, 1.82) is 0 Å². The number of likely N-dealkylation sites (N-methyl/N-ethyl adjacent to an activating group) is 1. The van der Waals surface area contributed by atoms with Gasteiger partial charge in [0.1, 0.15) is 0 Å². The highest BCUT2D eigenvalue weighted by Gasteiger charge is 2.34. The highest BCUT2D eigenvalue weighted by Crippen LogP contribution is 2.31. The van der Waals surface area contributed by atoms with E-state index in [1.165, 1.54) is 17.0 Å². The number of alkyl halides is 3. The Morgan fingerprint density at radius 2 is 1.78 bits per heavy atom. The Kier molecular flexibility index (Phi) is 8.91. The molecule has 10 heteroatoms. The molecule has 0 unspecified atom stereocenters. The summed E-state index contributed by atoms with van der Waals surface area (Å²) in [5.74, 6) is -0.00470. The third-order valence-corrected chi connectivity index (χ3v) is 5.70. The minimum Gasteiger partial charge on any atom is -0.394 e. The molecule has 0 heterocycles. The van der Waals surface area contributed by atoms with Gasteiger partial charge in [-0.2, -0.15) is 13.2 Å². The van der Waals surface area contributed by atoms with Crippen LogP contribution in [0.3, 0.4) is 0 Å². The number of methoxy groups -OCH3 is 1. The first-order valence-corrected chi connectivity index (χ1v) is 10.6. The summed E-state index contributed by atoms with van der Waals surface area (Å²) >= 11 is 0. The summed E-state index contributed by atoms with van der Waals surface area (Å²) in [7, 11) is 3.27. The summed E-state index contributed by atoms with van der Waals surface area (Å²) in [5, 5.41) is 12.2. The first-order valence-electron chi connectivity index (χ1n) is 10.6. The summed E-state index contributed by atoms with van der Waals surface area (Å²) in [5.41, 5.74) is -0.596. The molecule has 3 amide bonds. The van der Waals surface area contributed by atoms with E-state index in [4.69, 9.17) is 4.74 Å². The number of aliphatic hydroxyl groups is 1. The third kappa shape index (κ3) is 7.09. The number of aliphatic hydroxyl groups excluding tert-OH is 1. The molecule has 2 N–H and O–H groups in total. The first-order chi connectivity index (χ1) is 15.0. The van der Waals surface area contributed by atoms with E-state index in [1.807, 2.05) is 6.92 Å². The van der Waals surface area contributed by atoms with Crippen LogP contribution in [0.2, 0.25) is 0 Å². The maximum Gasteiger partial charge on any atom is 0.416 e. The van der Waals surface area contributed by atoms with Crippen molar-refractivity contribution in [3.8, 4) is 0 Å². The smallest absolute Gasteiger partial charge is 0.394 e. The molecule has 0 spiro atoms. The van der Waals surface area contributed by atoms with Crippen LogP contribution in [0.4, 0.5) is 23.7 Å². The topological polar surface area (TPSA) is 82.1 Å². The van der Waals surface area contributed by atoms with E-state index in [2.05, 4.69) is 5.32 Å². The van der Waals surface area contributed by atoms with Crippen LogP contribution in [0.15, 0.2) is 24.3 Å². The van der Waals surface area contributed by atoms with E-state index in [1.54, 1.807) is 26.0 Å². The standard InChI is InChI=1S/C22H32F3N3O4/c1-14(19(32-4)12-27(3)20(30)16-5-6-16)11-28(15(2)13-29)21(31)26-18-9-7-17(8-10-18)22(23,24)25/h7-10,14-16,19,29H,5-6,11-13H2,1-4H3,(H,26,31)/t14-,15-,19-/m1/s1. The zero-order chi connectivity index (χ0) is 24.1. The molecule has 0 aromatic heterocycles. The molecule has 2 rings (SSSR count). The van der Waals surface area contributed by atoms with Gasteiger partial charge in [-0.25, -0.2) is 4.79 Å². The van der Waals surface area contributed by atoms with Gasteiger partial charge in [-0.3, -0.25) is 4.79 Å². The molecular formula is C22H32F3N3O4. The van der Waals surface area contributed by atoms with Gasteiger partial charge in [0.15, 0.2) is 0 Å². The van der Waals surface area contributed by atoms with Crippen LogP contribution in [0, 0.1) is 11.8 Å².